The van der Waals surface area contributed by atoms with Crippen molar-refractivity contribution in [2.24, 2.45) is 29.1 Å². The van der Waals surface area contributed by atoms with E-state index in [1.54, 1.807) is 38.5 Å². The van der Waals surface area contributed by atoms with Crippen LogP contribution in [-0.4, -0.2) is 12.6 Å². The van der Waals surface area contributed by atoms with E-state index in [-0.39, 0.29) is 0 Å². The monoisotopic (exact) mass is 289 g/mol. The van der Waals surface area contributed by atoms with E-state index in [1.807, 2.05) is 0 Å². The smallest absolute Gasteiger partial charge is 0.00956 e. The van der Waals surface area contributed by atoms with Gasteiger partial charge in [0.1, 0.15) is 0 Å². The summed E-state index contributed by atoms with van der Waals surface area (Å²) >= 11 is 0. The van der Waals surface area contributed by atoms with Crippen LogP contribution >= 0.6 is 0 Å². The van der Waals surface area contributed by atoms with Crippen molar-refractivity contribution in [2.75, 3.05) is 6.54 Å². The van der Waals surface area contributed by atoms with Gasteiger partial charge >= 0.3 is 0 Å². The standard InChI is InChI=1S/C20H35N/c1-15(21-14-16-6-4-2-3-5-7-16)20-11-17-8-18(12-20)10-19(9-17)13-20/h15-19,21H,2-14H2,1H3. The number of rotatable bonds is 4. The third-order valence-corrected chi connectivity index (χ3v) is 7.69. The van der Waals surface area contributed by atoms with Crippen molar-refractivity contribution in [1.82, 2.24) is 5.32 Å². The maximum atomic E-state index is 4.04. The van der Waals surface area contributed by atoms with Crippen molar-refractivity contribution in [2.45, 2.75) is 90.0 Å². The molecule has 4 bridgehead atoms. The van der Waals surface area contributed by atoms with Crippen LogP contribution in [0.3, 0.4) is 0 Å². The van der Waals surface area contributed by atoms with Crippen LogP contribution in [0.5, 0.6) is 0 Å². The van der Waals surface area contributed by atoms with E-state index >= 15 is 0 Å². The first-order valence-electron chi connectivity index (χ1n) is 9.97. The summed E-state index contributed by atoms with van der Waals surface area (Å²) in [6.07, 6.45) is 18.3. The minimum atomic E-state index is 0.694. The van der Waals surface area contributed by atoms with E-state index in [0.717, 1.165) is 29.7 Å². The normalized spacial score (nSPS) is 44.7. The molecule has 1 heteroatoms. The summed E-state index contributed by atoms with van der Waals surface area (Å²) in [5, 5.41) is 4.04. The average molecular weight is 290 g/mol. The van der Waals surface area contributed by atoms with Crippen LogP contribution in [-0.2, 0) is 0 Å². The first kappa shape index (κ1) is 14.5. The van der Waals surface area contributed by atoms with Crippen molar-refractivity contribution in [1.29, 1.82) is 0 Å². The average Bonchev–Trinajstić information content (AvgIpc) is 2.72. The molecule has 120 valence electrons. The number of hydrogen-bond acceptors (Lipinski definition) is 1. The molecule has 5 aliphatic rings. The van der Waals surface area contributed by atoms with Crippen LogP contribution in [0.4, 0.5) is 0 Å². The molecule has 0 heterocycles. The summed E-state index contributed by atoms with van der Waals surface area (Å²) in [5.74, 6) is 4.26. The van der Waals surface area contributed by atoms with E-state index in [9.17, 15) is 0 Å². The lowest BCUT2D eigenvalue weighted by Crippen LogP contribution is -2.55. The Labute approximate surface area is 131 Å². The molecule has 0 aromatic heterocycles. The highest BCUT2D eigenvalue weighted by atomic mass is 14.9. The molecule has 1 unspecified atom stereocenters. The van der Waals surface area contributed by atoms with Gasteiger partial charge in [0.15, 0.2) is 0 Å². The Morgan fingerprint density at radius 3 is 1.90 bits per heavy atom. The summed E-state index contributed by atoms with van der Waals surface area (Å²) in [5.41, 5.74) is 0.694. The Balaban J connectivity index is 1.35. The third-order valence-electron chi connectivity index (χ3n) is 7.69. The van der Waals surface area contributed by atoms with E-state index in [1.165, 1.54) is 45.1 Å². The van der Waals surface area contributed by atoms with Gasteiger partial charge in [-0.15, -0.1) is 0 Å². The van der Waals surface area contributed by atoms with Crippen LogP contribution in [0.25, 0.3) is 0 Å². The molecule has 0 radical (unpaired) electrons. The van der Waals surface area contributed by atoms with Gasteiger partial charge in [0.2, 0.25) is 0 Å². The zero-order chi connectivity index (χ0) is 14.3. The molecule has 0 aromatic rings. The van der Waals surface area contributed by atoms with Crippen molar-refractivity contribution >= 4 is 0 Å². The van der Waals surface area contributed by atoms with Gasteiger partial charge in [0.25, 0.3) is 0 Å². The fourth-order valence-corrected chi connectivity index (χ4v) is 6.84. The van der Waals surface area contributed by atoms with E-state index in [2.05, 4.69) is 12.2 Å². The van der Waals surface area contributed by atoms with E-state index < -0.39 is 0 Å². The quantitative estimate of drug-likeness (QED) is 0.706. The summed E-state index contributed by atoms with van der Waals surface area (Å²) < 4.78 is 0. The predicted octanol–water partition coefficient (Wildman–Crippen LogP) is 5.15. The molecular formula is C20H35N. The van der Waals surface area contributed by atoms with Crippen LogP contribution in [0.2, 0.25) is 0 Å². The van der Waals surface area contributed by atoms with Crippen molar-refractivity contribution in [3.05, 3.63) is 0 Å². The minimum absolute atomic E-state index is 0.694. The van der Waals surface area contributed by atoms with Crippen molar-refractivity contribution in [3.8, 4) is 0 Å². The predicted molar refractivity (Wildman–Crippen MR) is 89.3 cm³/mol. The van der Waals surface area contributed by atoms with Gasteiger partial charge in [-0.05, 0) is 93.9 Å². The highest BCUT2D eigenvalue weighted by Crippen LogP contribution is 2.61. The zero-order valence-corrected chi connectivity index (χ0v) is 14.1. The molecule has 0 spiro atoms. The highest BCUT2D eigenvalue weighted by Gasteiger charge is 2.52. The first-order valence-corrected chi connectivity index (χ1v) is 9.97. The second kappa shape index (κ2) is 5.87. The Morgan fingerprint density at radius 1 is 0.857 bits per heavy atom. The molecule has 5 fully saturated rings. The molecule has 0 aromatic carbocycles. The van der Waals surface area contributed by atoms with Gasteiger partial charge in [0.05, 0.1) is 0 Å². The maximum absolute atomic E-state index is 4.04. The Bertz CT molecular complexity index is 318. The largest absolute Gasteiger partial charge is 0.313 e. The highest BCUT2D eigenvalue weighted by molar-refractivity contribution is 5.05. The molecular weight excluding hydrogens is 254 g/mol. The maximum Gasteiger partial charge on any atom is 0.00956 e. The van der Waals surface area contributed by atoms with Crippen LogP contribution < -0.4 is 5.32 Å². The molecule has 0 saturated heterocycles. The second-order valence-corrected chi connectivity index (χ2v) is 9.27. The molecule has 5 rings (SSSR count). The lowest BCUT2D eigenvalue weighted by Gasteiger charge is -2.59. The van der Waals surface area contributed by atoms with Gasteiger partial charge in [-0.25, -0.2) is 0 Å². The summed E-state index contributed by atoms with van der Waals surface area (Å²) in [6, 6.07) is 0.772. The Morgan fingerprint density at radius 2 is 1.38 bits per heavy atom. The van der Waals surface area contributed by atoms with Gasteiger partial charge < -0.3 is 5.32 Å². The zero-order valence-electron chi connectivity index (χ0n) is 14.1. The van der Waals surface area contributed by atoms with Gasteiger partial charge in [-0.3, -0.25) is 0 Å². The molecule has 1 atom stereocenters. The van der Waals surface area contributed by atoms with Crippen molar-refractivity contribution in [3.63, 3.8) is 0 Å². The van der Waals surface area contributed by atoms with E-state index in [0.29, 0.717) is 5.41 Å². The van der Waals surface area contributed by atoms with Crippen LogP contribution in [0.1, 0.15) is 84.0 Å². The molecule has 5 saturated carbocycles. The van der Waals surface area contributed by atoms with Gasteiger partial charge in [-0.1, -0.05) is 25.7 Å². The molecule has 0 aliphatic heterocycles. The van der Waals surface area contributed by atoms with E-state index in [4.69, 9.17) is 0 Å². The Kier molecular flexibility index (Phi) is 4.07. The third kappa shape index (κ3) is 2.92. The molecule has 1 N–H and O–H groups in total. The fourth-order valence-electron chi connectivity index (χ4n) is 6.84. The van der Waals surface area contributed by atoms with Gasteiger partial charge in [0, 0.05) is 6.04 Å². The summed E-state index contributed by atoms with van der Waals surface area (Å²) in [4.78, 5) is 0. The summed E-state index contributed by atoms with van der Waals surface area (Å²) in [6.45, 7) is 3.84. The Hall–Kier alpha value is -0.0400. The van der Waals surface area contributed by atoms with Crippen molar-refractivity contribution < 1.29 is 0 Å². The minimum Gasteiger partial charge on any atom is -0.313 e. The van der Waals surface area contributed by atoms with Crippen LogP contribution in [0.15, 0.2) is 0 Å². The van der Waals surface area contributed by atoms with Gasteiger partial charge in [-0.2, -0.15) is 0 Å². The molecule has 5 aliphatic carbocycles. The lowest BCUT2D eigenvalue weighted by atomic mass is 9.48. The summed E-state index contributed by atoms with van der Waals surface area (Å²) in [7, 11) is 0. The number of nitrogens with one attached hydrogen (secondary N) is 1. The second-order valence-electron chi connectivity index (χ2n) is 9.27. The number of hydrogen-bond donors (Lipinski definition) is 1. The molecule has 21 heavy (non-hydrogen) atoms. The SMILES string of the molecule is CC(NCC1CCCCCC1)C12CC3CC(CC(C3)C1)C2. The van der Waals surface area contributed by atoms with Crippen LogP contribution in [0, 0.1) is 29.1 Å². The topological polar surface area (TPSA) is 12.0 Å². The molecule has 0 amide bonds. The lowest BCUT2D eigenvalue weighted by molar-refractivity contribution is -0.0708. The fraction of sp³-hybridized carbons (Fsp3) is 1.00. The molecule has 1 nitrogen and oxygen atoms in total. The first-order chi connectivity index (χ1) is 10.2.